The molecule has 0 bridgehead atoms. The second-order valence-corrected chi connectivity index (χ2v) is 6.98. The number of carbonyl (C=O) groups is 1. The van der Waals surface area contributed by atoms with Gasteiger partial charge < -0.3 is 4.74 Å². The van der Waals surface area contributed by atoms with E-state index in [1.54, 1.807) is 19.9 Å². The summed E-state index contributed by atoms with van der Waals surface area (Å²) in [6, 6.07) is 2.90. The average Bonchev–Trinajstić information content (AvgIpc) is 2.38. The molecule has 0 aliphatic rings. The van der Waals surface area contributed by atoms with Gasteiger partial charge in [-0.05, 0) is 49.4 Å². The highest BCUT2D eigenvalue weighted by molar-refractivity contribution is 7.89. The van der Waals surface area contributed by atoms with Gasteiger partial charge in [0.25, 0.3) is 0 Å². The summed E-state index contributed by atoms with van der Waals surface area (Å²) < 4.78 is 28.3. The van der Waals surface area contributed by atoms with E-state index in [-0.39, 0.29) is 16.4 Å². The van der Waals surface area contributed by atoms with Crippen LogP contribution in [0.4, 0.5) is 0 Å². The molecule has 1 aromatic carbocycles. The van der Waals surface area contributed by atoms with Crippen LogP contribution in [0, 0.1) is 19.8 Å². The van der Waals surface area contributed by atoms with Crippen molar-refractivity contribution >= 4 is 16.0 Å². The maximum Gasteiger partial charge on any atom is 0.338 e. The highest BCUT2D eigenvalue weighted by Gasteiger charge is 2.18. The lowest BCUT2D eigenvalue weighted by Gasteiger charge is -2.13. The van der Waals surface area contributed by atoms with Crippen LogP contribution in [0.2, 0.25) is 0 Å². The van der Waals surface area contributed by atoms with Gasteiger partial charge in [0.1, 0.15) is 0 Å². The lowest BCUT2D eigenvalue weighted by molar-refractivity contribution is 0.0443. The molecule has 1 rings (SSSR count). The van der Waals surface area contributed by atoms with Gasteiger partial charge >= 0.3 is 5.97 Å². The maximum absolute atomic E-state index is 12.0. The molecule has 0 amide bonds. The molecule has 1 atom stereocenters. The van der Waals surface area contributed by atoms with Gasteiger partial charge in [-0.2, -0.15) is 0 Å². The molecule has 0 aromatic heterocycles. The fourth-order valence-electron chi connectivity index (χ4n) is 2.12. The molecule has 0 aliphatic carbocycles. The van der Waals surface area contributed by atoms with Gasteiger partial charge in [-0.15, -0.1) is 0 Å². The van der Waals surface area contributed by atoms with Gasteiger partial charge in [-0.25, -0.2) is 18.4 Å². The van der Waals surface area contributed by atoms with Gasteiger partial charge in [0.15, 0.2) is 0 Å². The van der Waals surface area contributed by atoms with Crippen LogP contribution in [0.15, 0.2) is 17.0 Å². The number of aryl methyl sites for hydroxylation is 1. The standard InChI is InChI=1S/C15H23NO4S/c1-5-6-10(2)9-20-15(17)13-7-11(3)12(4)14(8-13)21(16,18)19/h7-8,10H,5-6,9H2,1-4H3,(H2,16,18,19). The van der Waals surface area contributed by atoms with Crippen LogP contribution in [-0.4, -0.2) is 21.0 Å². The molecule has 118 valence electrons. The third-order valence-electron chi connectivity index (χ3n) is 3.44. The van der Waals surface area contributed by atoms with Crippen LogP contribution in [0.3, 0.4) is 0 Å². The van der Waals surface area contributed by atoms with Gasteiger partial charge in [0, 0.05) is 0 Å². The first kappa shape index (κ1) is 17.7. The van der Waals surface area contributed by atoms with Crippen molar-refractivity contribution in [1.29, 1.82) is 0 Å². The number of hydrogen-bond acceptors (Lipinski definition) is 4. The molecular formula is C15H23NO4S. The fourth-order valence-corrected chi connectivity index (χ4v) is 3.00. The van der Waals surface area contributed by atoms with Gasteiger partial charge in [-0.1, -0.05) is 20.3 Å². The molecule has 2 N–H and O–H groups in total. The summed E-state index contributed by atoms with van der Waals surface area (Å²) in [5.74, 6) is -0.242. The summed E-state index contributed by atoms with van der Waals surface area (Å²) in [4.78, 5) is 12.0. The number of nitrogens with two attached hydrogens (primary N) is 1. The first-order chi connectivity index (χ1) is 9.66. The van der Waals surface area contributed by atoms with Gasteiger partial charge in [0.2, 0.25) is 10.0 Å². The normalized spacial score (nSPS) is 13.0. The molecule has 0 saturated carbocycles. The molecule has 0 fully saturated rings. The molecule has 0 aliphatic heterocycles. The Bertz CT molecular complexity index is 623. The van der Waals surface area contributed by atoms with Crippen molar-refractivity contribution in [3.05, 3.63) is 28.8 Å². The largest absolute Gasteiger partial charge is 0.462 e. The molecule has 1 unspecified atom stereocenters. The lowest BCUT2D eigenvalue weighted by Crippen LogP contribution is -2.17. The second kappa shape index (κ2) is 7.04. The summed E-state index contributed by atoms with van der Waals surface area (Å²) in [7, 11) is -3.86. The Morgan fingerprint density at radius 2 is 1.95 bits per heavy atom. The Balaban J connectivity index is 2.99. The van der Waals surface area contributed by atoms with Crippen LogP contribution >= 0.6 is 0 Å². The number of benzene rings is 1. The van der Waals surface area contributed by atoms with E-state index >= 15 is 0 Å². The first-order valence-electron chi connectivity index (χ1n) is 6.98. The molecule has 5 nitrogen and oxygen atoms in total. The Labute approximate surface area is 126 Å². The van der Waals surface area contributed by atoms with Crippen molar-refractivity contribution in [2.75, 3.05) is 6.61 Å². The monoisotopic (exact) mass is 313 g/mol. The van der Waals surface area contributed by atoms with Crippen LogP contribution in [0.25, 0.3) is 0 Å². The van der Waals surface area contributed by atoms with Gasteiger partial charge in [0.05, 0.1) is 17.1 Å². The predicted molar refractivity (Wildman–Crippen MR) is 81.6 cm³/mol. The summed E-state index contributed by atoms with van der Waals surface area (Å²) in [6.45, 7) is 7.80. The zero-order valence-electron chi connectivity index (χ0n) is 13.0. The number of rotatable bonds is 6. The molecule has 0 heterocycles. The minimum Gasteiger partial charge on any atom is -0.462 e. The van der Waals surface area contributed by atoms with Crippen LogP contribution in [-0.2, 0) is 14.8 Å². The van der Waals surface area contributed by atoms with Crippen LogP contribution < -0.4 is 5.14 Å². The minimum absolute atomic E-state index is 0.0314. The van der Waals surface area contributed by atoms with Crippen LogP contribution in [0.5, 0.6) is 0 Å². The molecule has 0 spiro atoms. The minimum atomic E-state index is -3.86. The Morgan fingerprint density at radius 1 is 1.33 bits per heavy atom. The number of ether oxygens (including phenoxy) is 1. The number of carbonyl (C=O) groups excluding carboxylic acids is 1. The summed E-state index contributed by atoms with van der Waals surface area (Å²) in [5.41, 5.74) is 1.45. The lowest BCUT2D eigenvalue weighted by atomic mass is 10.1. The van der Waals surface area contributed by atoms with Crippen molar-refractivity contribution in [3.63, 3.8) is 0 Å². The third-order valence-corrected chi connectivity index (χ3v) is 4.48. The van der Waals surface area contributed by atoms with E-state index in [1.165, 1.54) is 6.07 Å². The van der Waals surface area contributed by atoms with E-state index < -0.39 is 16.0 Å². The molecule has 6 heteroatoms. The van der Waals surface area contributed by atoms with E-state index in [4.69, 9.17) is 9.88 Å². The van der Waals surface area contributed by atoms with Crippen molar-refractivity contribution < 1.29 is 17.9 Å². The molecule has 1 aromatic rings. The van der Waals surface area contributed by atoms with E-state index in [9.17, 15) is 13.2 Å². The Morgan fingerprint density at radius 3 is 2.48 bits per heavy atom. The van der Waals surface area contributed by atoms with E-state index in [0.717, 1.165) is 12.8 Å². The van der Waals surface area contributed by atoms with Crippen molar-refractivity contribution in [3.8, 4) is 0 Å². The zero-order valence-corrected chi connectivity index (χ0v) is 13.8. The number of sulfonamides is 1. The Kier molecular flexibility index (Phi) is 5.92. The SMILES string of the molecule is CCCC(C)COC(=O)c1cc(C)c(C)c(S(N)(=O)=O)c1. The van der Waals surface area contributed by atoms with Crippen molar-refractivity contribution in [1.82, 2.24) is 0 Å². The summed E-state index contributed by atoms with van der Waals surface area (Å²) >= 11 is 0. The van der Waals surface area contributed by atoms with Crippen molar-refractivity contribution in [2.24, 2.45) is 11.1 Å². The van der Waals surface area contributed by atoms with Gasteiger partial charge in [-0.3, -0.25) is 0 Å². The maximum atomic E-state index is 12.0. The first-order valence-corrected chi connectivity index (χ1v) is 8.52. The second-order valence-electron chi connectivity index (χ2n) is 5.45. The number of esters is 1. The molecule has 21 heavy (non-hydrogen) atoms. The quantitative estimate of drug-likeness (QED) is 0.818. The average molecular weight is 313 g/mol. The zero-order chi connectivity index (χ0) is 16.2. The van der Waals surface area contributed by atoms with E-state index in [0.29, 0.717) is 17.7 Å². The summed E-state index contributed by atoms with van der Waals surface area (Å²) in [6.07, 6.45) is 2.00. The fraction of sp³-hybridized carbons (Fsp3) is 0.533. The molecule has 0 saturated heterocycles. The number of primary sulfonamides is 1. The molecule has 0 radical (unpaired) electrons. The van der Waals surface area contributed by atoms with Crippen LogP contribution in [0.1, 0.15) is 48.2 Å². The predicted octanol–water partition coefficient (Wildman–Crippen LogP) is 2.54. The highest BCUT2D eigenvalue weighted by atomic mass is 32.2. The molecular weight excluding hydrogens is 290 g/mol. The Hall–Kier alpha value is -1.40. The number of hydrogen-bond donors (Lipinski definition) is 1. The topological polar surface area (TPSA) is 86.5 Å². The third kappa shape index (κ3) is 4.82. The highest BCUT2D eigenvalue weighted by Crippen LogP contribution is 2.21. The van der Waals surface area contributed by atoms with E-state index in [1.807, 2.05) is 6.92 Å². The van der Waals surface area contributed by atoms with E-state index in [2.05, 4.69) is 6.92 Å². The smallest absolute Gasteiger partial charge is 0.338 e. The summed E-state index contributed by atoms with van der Waals surface area (Å²) in [5, 5.41) is 5.18. The van der Waals surface area contributed by atoms with Crippen molar-refractivity contribution in [2.45, 2.75) is 45.4 Å².